The van der Waals surface area contributed by atoms with Gasteiger partial charge in [0.05, 0.1) is 5.56 Å². The van der Waals surface area contributed by atoms with E-state index in [-0.39, 0.29) is 16.9 Å². The van der Waals surface area contributed by atoms with E-state index in [1.54, 1.807) is 0 Å². The van der Waals surface area contributed by atoms with E-state index in [0.29, 0.717) is 6.29 Å². The fourth-order valence-electron chi connectivity index (χ4n) is 1.51. The van der Waals surface area contributed by atoms with Gasteiger partial charge in [-0.05, 0) is 12.1 Å². The van der Waals surface area contributed by atoms with Crippen LogP contribution in [0.5, 0.6) is 5.75 Å². The maximum absolute atomic E-state index is 13.4. The Labute approximate surface area is 91.0 Å². The smallest absolute Gasteiger partial charge is 0.348 e. The van der Waals surface area contributed by atoms with Crippen LogP contribution < -0.4 is 4.74 Å². The van der Waals surface area contributed by atoms with Gasteiger partial charge in [-0.25, -0.2) is 9.18 Å². The van der Waals surface area contributed by atoms with Gasteiger partial charge < -0.3 is 9.47 Å². The van der Waals surface area contributed by atoms with Crippen molar-refractivity contribution in [2.75, 3.05) is 0 Å². The number of rotatable bonds is 1. The van der Waals surface area contributed by atoms with Crippen molar-refractivity contribution in [3.8, 4) is 5.75 Å². The zero-order valence-electron chi connectivity index (χ0n) is 8.74. The molecule has 0 atom stereocenters. The second-order valence-electron chi connectivity index (χ2n) is 3.85. The number of halogens is 1. The standard InChI is InChI=1S/C11H9FO4/c1-11(2)15-9-6(5-13)3-4-7(12)8(9)10(14)16-11/h3-5H,1-2H3. The van der Waals surface area contributed by atoms with Crippen LogP contribution in [-0.2, 0) is 4.74 Å². The third-order valence-electron chi connectivity index (χ3n) is 2.15. The molecule has 4 nitrogen and oxygen atoms in total. The highest BCUT2D eigenvalue weighted by Gasteiger charge is 2.37. The number of ether oxygens (including phenoxy) is 2. The molecular weight excluding hydrogens is 215 g/mol. The molecule has 5 heteroatoms. The van der Waals surface area contributed by atoms with Crippen LogP contribution in [0.4, 0.5) is 4.39 Å². The number of cyclic esters (lactones) is 1. The molecule has 1 aromatic rings. The van der Waals surface area contributed by atoms with E-state index in [1.165, 1.54) is 19.9 Å². The summed E-state index contributed by atoms with van der Waals surface area (Å²) in [5, 5.41) is 0. The summed E-state index contributed by atoms with van der Waals surface area (Å²) in [6.45, 7) is 3.01. The number of aldehydes is 1. The molecule has 0 aromatic heterocycles. The first-order chi connectivity index (χ1) is 7.44. The first-order valence-corrected chi connectivity index (χ1v) is 4.64. The molecule has 0 unspecified atom stereocenters. The molecule has 0 fully saturated rings. The average Bonchev–Trinajstić information content (AvgIpc) is 2.15. The average molecular weight is 224 g/mol. The van der Waals surface area contributed by atoms with E-state index in [9.17, 15) is 14.0 Å². The summed E-state index contributed by atoms with van der Waals surface area (Å²) >= 11 is 0. The molecule has 16 heavy (non-hydrogen) atoms. The van der Waals surface area contributed by atoms with Crippen molar-refractivity contribution in [1.29, 1.82) is 0 Å². The van der Waals surface area contributed by atoms with Crippen LogP contribution in [0, 0.1) is 5.82 Å². The van der Waals surface area contributed by atoms with E-state index >= 15 is 0 Å². The van der Waals surface area contributed by atoms with E-state index < -0.39 is 17.6 Å². The molecule has 0 bridgehead atoms. The molecule has 0 aliphatic carbocycles. The van der Waals surface area contributed by atoms with E-state index in [4.69, 9.17) is 9.47 Å². The zero-order chi connectivity index (χ0) is 11.9. The predicted octanol–water partition coefficient (Wildman–Crippen LogP) is 1.92. The Hall–Kier alpha value is -1.91. The van der Waals surface area contributed by atoms with Crippen molar-refractivity contribution in [2.45, 2.75) is 19.6 Å². The zero-order valence-corrected chi connectivity index (χ0v) is 8.74. The summed E-state index contributed by atoms with van der Waals surface area (Å²) in [7, 11) is 0. The minimum Gasteiger partial charge on any atom is -0.451 e. The van der Waals surface area contributed by atoms with E-state index in [1.807, 2.05) is 0 Å². The van der Waals surface area contributed by atoms with Gasteiger partial charge in [-0.1, -0.05) is 0 Å². The van der Waals surface area contributed by atoms with Crippen molar-refractivity contribution in [1.82, 2.24) is 0 Å². The molecule has 0 saturated carbocycles. The highest BCUT2D eigenvalue weighted by molar-refractivity contribution is 5.97. The van der Waals surface area contributed by atoms with Crippen LogP contribution in [0.15, 0.2) is 12.1 Å². The van der Waals surface area contributed by atoms with Crippen molar-refractivity contribution in [2.24, 2.45) is 0 Å². The quantitative estimate of drug-likeness (QED) is 0.540. The molecule has 1 aliphatic heterocycles. The fraction of sp³-hybridized carbons (Fsp3) is 0.273. The number of hydrogen-bond donors (Lipinski definition) is 0. The summed E-state index contributed by atoms with van der Waals surface area (Å²) in [5.74, 6) is -2.85. The summed E-state index contributed by atoms with van der Waals surface area (Å²) in [6.07, 6.45) is 0.507. The molecule has 2 rings (SSSR count). The molecule has 1 aliphatic rings. The summed E-state index contributed by atoms with van der Waals surface area (Å²) in [4.78, 5) is 22.3. The minimum atomic E-state index is -1.20. The van der Waals surface area contributed by atoms with Gasteiger partial charge in [0.1, 0.15) is 11.4 Å². The van der Waals surface area contributed by atoms with Crippen LogP contribution in [0.3, 0.4) is 0 Å². The van der Waals surface area contributed by atoms with E-state index in [2.05, 4.69) is 0 Å². The Balaban J connectivity index is 2.68. The molecule has 0 amide bonds. The second kappa shape index (κ2) is 3.30. The van der Waals surface area contributed by atoms with Gasteiger partial charge in [0.25, 0.3) is 0 Å². The number of carbonyl (C=O) groups is 2. The Morgan fingerprint density at radius 3 is 2.62 bits per heavy atom. The van der Waals surface area contributed by atoms with Gasteiger partial charge in [0.2, 0.25) is 5.79 Å². The normalized spacial score (nSPS) is 17.1. The van der Waals surface area contributed by atoms with Gasteiger partial charge in [-0.3, -0.25) is 4.79 Å². The van der Waals surface area contributed by atoms with Crippen molar-refractivity contribution in [3.05, 3.63) is 29.1 Å². The highest BCUT2D eigenvalue weighted by Crippen LogP contribution is 2.35. The molecule has 0 radical (unpaired) electrons. The Morgan fingerprint density at radius 2 is 2.00 bits per heavy atom. The predicted molar refractivity (Wildman–Crippen MR) is 51.9 cm³/mol. The SMILES string of the molecule is CC1(C)OC(=O)c2c(F)ccc(C=O)c2O1. The van der Waals surface area contributed by atoms with Crippen LogP contribution in [0.2, 0.25) is 0 Å². The van der Waals surface area contributed by atoms with Crippen molar-refractivity contribution in [3.63, 3.8) is 0 Å². The highest BCUT2D eigenvalue weighted by atomic mass is 19.1. The van der Waals surface area contributed by atoms with Gasteiger partial charge in [-0.15, -0.1) is 0 Å². The third kappa shape index (κ3) is 1.54. The van der Waals surface area contributed by atoms with Crippen LogP contribution >= 0.6 is 0 Å². The first kappa shape index (κ1) is 10.6. The van der Waals surface area contributed by atoms with Crippen LogP contribution in [0.1, 0.15) is 34.6 Å². The Bertz CT molecular complexity index is 479. The van der Waals surface area contributed by atoms with Gasteiger partial charge in [0, 0.05) is 13.8 Å². The lowest BCUT2D eigenvalue weighted by Crippen LogP contribution is -2.39. The number of esters is 1. The second-order valence-corrected chi connectivity index (χ2v) is 3.85. The first-order valence-electron chi connectivity index (χ1n) is 4.64. The molecule has 1 heterocycles. The van der Waals surface area contributed by atoms with Crippen molar-refractivity contribution < 1.29 is 23.5 Å². The topological polar surface area (TPSA) is 52.6 Å². The molecule has 84 valence electrons. The van der Waals surface area contributed by atoms with Gasteiger partial charge >= 0.3 is 5.97 Å². The van der Waals surface area contributed by atoms with Gasteiger partial charge in [-0.2, -0.15) is 0 Å². The maximum Gasteiger partial charge on any atom is 0.348 e. The maximum atomic E-state index is 13.4. The number of benzene rings is 1. The Morgan fingerprint density at radius 1 is 1.31 bits per heavy atom. The van der Waals surface area contributed by atoms with Crippen LogP contribution in [0.25, 0.3) is 0 Å². The van der Waals surface area contributed by atoms with Crippen molar-refractivity contribution >= 4 is 12.3 Å². The van der Waals surface area contributed by atoms with E-state index in [0.717, 1.165) is 6.07 Å². The lowest BCUT2D eigenvalue weighted by molar-refractivity contribution is -0.128. The lowest BCUT2D eigenvalue weighted by atomic mass is 10.1. The summed E-state index contributed by atoms with van der Waals surface area (Å²) in [5.41, 5.74) is -0.204. The largest absolute Gasteiger partial charge is 0.451 e. The molecule has 0 spiro atoms. The minimum absolute atomic E-state index is 0.0590. The number of carbonyl (C=O) groups excluding carboxylic acids is 2. The van der Waals surface area contributed by atoms with Crippen LogP contribution in [-0.4, -0.2) is 18.0 Å². The molecular formula is C11H9FO4. The number of hydrogen-bond acceptors (Lipinski definition) is 4. The molecule has 0 saturated heterocycles. The van der Waals surface area contributed by atoms with Gasteiger partial charge in [0.15, 0.2) is 12.0 Å². The Kier molecular flexibility index (Phi) is 2.18. The fourth-order valence-corrected chi connectivity index (χ4v) is 1.51. The summed E-state index contributed by atoms with van der Waals surface area (Å²) < 4.78 is 23.5. The monoisotopic (exact) mass is 224 g/mol. The lowest BCUT2D eigenvalue weighted by Gasteiger charge is -2.32. The molecule has 1 aromatic carbocycles. The summed E-state index contributed by atoms with van der Waals surface area (Å²) in [6, 6.07) is 2.29. The molecule has 0 N–H and O–H groups in total. The third-order valence-corrected chi connectivity index (χ3v) is 2.15. The number of fused-ring (bicyclic) bond motifs is 1.